The van der Waals surface area contributed by atoms with Crippen molar-refractivity contribution in [3.05, 3.63) is 29.3 Å². The lowest BCUT2D eigenvalue weighted by atomic mass is 9.84. The van der Waals surface area contributed by atoms with E-state index in [9.17, 15) is 9.90 Å². The zero-order chi connectivity index (χ0) is 12.5. The van der Waals surface area contributed by atoms with Gasteiger partial charge in [0, 0.05) is 5.56 Å². The lowest BCUT2D eigenvalue weighted by Crippen LogP contribution is -2.22. The van der Waals surface area contributed by atoms with Crippen molar-refractivity contribution in [3.63, 3.8) is 0 Å². The molecule has 16 heavy (non-hydrogen) atoms. The summed E-state index contributed by atoms with van der Waals surface area (Å²) in [6.07, 6.45) is 0. The lowest BCUT2D eigenvalue weighted by Gasteiger charge is -2.22. The molecule has 0 spiro atoms. The minimum Gasteiger partial charge on any atom is -0.507 e. The average Bonchev–Trinajstić information content (AvgIpc) is 2.15. The minimum absolute atomic E-state index is 0.0232. The summed E-state index contributed by atoms with van der Waals surface area (Å²) >= 11 is 0. The number of rotatable bonds is 2. The highest BCUT2D eigenvalue weighted by Crippen LogP contribution is 2.35. The van der Waals surface area contributed by atoms with Crippen molar-refractivity contribution >= 4 is 5.97 Å². The van der Waals surface area contributed by atoms with Crippen LogP contribution in [0.1, 0.15) is 37.9 Å². The standard InChI is InChI=1S/C12H17NO3/c1-12(2,3)8-6-4-5-7(10(8)14)9(13)11(15)16/h4-6,9,14H,13H2,1-3H3,(H,15,16)/t9-/m0/s1. The largest absolute Gasteiger partial charge is 0.507 e. The first-order chi connectivity index (χ1) is 7.25. The van der Waals surface area contributed by atoms with Gasteiger partial charge in [0.1, 0.15) is 11.8 Å². The van der Waals surface area contributed by atoms with Crippen molar-refractivity contribution in [2.24, 2.45) is 5.73 Å². The molecule has 4 heteroatoms. The van der Waals surface area contributed by atoms with Crippen LogP contribution in [0.15, 0.2) is 18.2 Å². The van der Waals surface area contributed by atoms with Crippen LogP contribution in [-0.2, 0) is 10.2 Å². The summed E-state index contributed by atoms with van der Waals surface area (Å²) in [5.41, 5.74) is 6.19. The molecule has 4 nitrogen and oxygen atoms in total. The third kappa shape index (κ3) is 2.33. The van der Waals surface area contributed by atoms with Gasteiger partial charge < -0.3 is 15.9 Å². The Morgan fingerprint density at radius 2 is 1.94 bits per heavy atom. The van der Waals surface area contributed by atoms with E-state index >= 15 is 0 Å². The molecule has 0 fully saturated rings. The summed E-state index contributed by atoms with van der Waals surface area (Å²) in [6.45, 7) is 5.83. The van der Waals surface area contributed by atoms with E-state index in [0.717, 1.165) is 0 Å². The van der Waals surface area contributed by atoms with E-state index in [-0.39, 0.29) is 16.7 Å². The molecule has 0 heterocycles. The summed E-state index contributed by atoms with van der Waals surface area (Å²) < 4.78 is 0. The molecule has 88 valence electrons. The maximum absolute atomic E-state index is 10.8. The monoisotopic (exact) mass is 223 g/mol. The van der Waals surface area contributed by atoms with Gasteiger partial charge in [0.15, 0.2) is 0 Å². The minimum atomic E-state index is -1.19. The molecule has 0 aliphatic rings. The van der Waals surface area contributed by atoms with Gasteiger partial charge in [-0.2, -0.15) is 0 Å². The molecule has 0 radical (unpaired) electrons. The van der Waals surface area contributed by atoms with Gasteiger partial charge in [0.25, 0.3) is 0 Å². The zero-order valence-electron chi connectivity index (χ0n) is 9.69. The van der Waals surface area contributed by atoms with E-state index in [1.807, 2.05) is 20.8 Å². The van der Waals surface area contributed by atoms with Gasteiger partial charge in [-0.1, -0.05) is 39.0 Å². The van der Waals surface area contributed by atoms with Crippen LogP contribution in [0.2, 0.25) is 0 Å². The molecule has 0 aromatic heterocycles. The molecule has 1 aromatic carbocycles. The number of phenolic OH excluding ortho intramolecular Hbond substituents is 1. The van der Waals surface area contributed by atoms with E-state index < -0.39 is 12.0 Å². The number of carboxylic acid groups (broad SMARTS) is 1. The lowest BCUT2D eigenvalue weighted by molar-refractivity contribution is -0.138. The average molecular weight is 223 g/mol. The number of para-hydroxylation sites is 1. The molecule has 1 rings (SSSR count). The molecule has 0 aliphatic heterocycles. The summed E-state index contributed by atoms with van der Waals surface area (Å²) in [5.74, 6) is -1.17. The van der Waals surface area contributed by atoms with Gasteiger partial charge in [-0.05, 0) is 11.0 Å². The Bertz CT molecular complexity index is 407. The highest BCUT2D eigenvalue weighted by molar-refractivity contribution is 5.76. The molecular weight excluding hydrogens is 206 g/mol. The van der Waals surface area contributed by atoms with Crippen LogP contribution in [0.5, 0.6) is 5.75 Å². The number of hydrogen-bond donors (Lipinski definition) is 3. The number of aromatic hydroxyl groups is 1. The third-order valence-electron chi connectivity index (χ3n) is 2.48. The molecule has 0 unspecified atom stereocenters. The van der Waals surface area contributed by atoms with Crippen LogP contribution in [0.25, 0.3) is 0 Å². The van der Waals surface area contributed by atoms with Crippen LogP contribution in [0, 0.1) is 0 Å². The molecule has 0 bridgehead atoms. The number of aliphatic carboxylic acids is 1. The fourth-order valence-corrected chi connectivity index (χ4v) is 1.55. The Hall–Kier alpha value is -1.55. The first-order valence-corrected chi connectivity index (χ1v) is 5.06. The Labute approximate surface area is 94.7 Å². The number of carbonyl (C=O) groups is 1. The maximum atomic E-state index is 10.8. The topological polar surface area (TPSA) is 83.6 Å². The van der Waals surface area contributed by atoms with Gasteiger partial charge in [0.2, 0.25) is 0 Å². The predicted octanol–water partition coefficient (Wildman–Crippen LogP) is 1.77. The Balaban J connectivity index is 3.30. The van der Waals surface area contributed by atoms with Crippen molar-refractivity contribution in [1.82, 2.24) is 0 Å². The van der Waals surface area contributed by atoms with Gasteiger partial charge in [-0.15, -0.1) is 0 Å². The zero-order valence-corrected chi connectivity index (χ0v) is 9.69. The number of benzene rings is 1. The van der Waals surface area contributed by atoms with Gasteiger partial charge >= 0.3 is 5.97 Å². The highest BCUT2D eigenvalue weighted by atomic mass is 16.4. The van der Waals surface area contributed by atoms with Crippen molar-refractivity contribution in [1.29, 1.82) is 0 Å². The molecule has 0 aliphatic carbocycles. The quantitative estimate of drug-likeness (QED) is 0.713. The second-order valence-electron chi connectivity index (χ2n) is 4.81. The van der Waals surface area contributed by atoms with E-state index in [4.69, 9.17) is 10.8 Å². The summed E-state index contributed by atoms with van der Waals surface area (Å²) in [6, 6.07) is 3.82. The summed E-state index contributed by atoms with van der Waals surface area (Å²) in [5, 5.41) is 18.8. The Morgan fingerprint density at radius 3 is 2.38 bits per heavy atom. The summed E-state index contributed by atoms with van der Waals surface area (Å²) in [7, 11) is 0. The van der Waals surface area contributed by atoms with Crippen molar-refractivity contribution in [2.45, 2.75) is 32.2 Å². The van der Waals surface area contributed by atoms with Gasteiger partial charge in [-0.25, -0.2) is 0 Å². The fraction of sp³-hybridized carbons (Fsp3) is 0.417. The molecule has 0 saturated carbocycles. The van der Waals surface area contributed by atoms with Gasteiger partial charge in [0.05, 0.1) is 0 Å². The molecule has 0 amide bonds. The normalized spacial score (nSPS) is 13.5. The summed E-state index contributed by atoms with van der Waals surface area (Å²) in [4.78, 5) is 10.8. The van der Waals surface area contributed by atoms with E-state index in [1.54, 1.807) is 12.1 Å². The van der Waals surface area contributed by atoms with Crippen LogP contribution in [0.3, 0.4) is 0 Å². The number of nitrogens with two attached hydrogens (primary N) is 1. The Morgan fingerprint density at radius 1 is 1.38 bits per heavy atom. The third-order valence-corrected chi connectivity index (χ3v) is 2.48. The molecule has 1 aromatic rings. The van der Waals surface area contributed by atoms with Crippen LogP contribution in [0.4, 0.5) is 0 Å². The SMILES string of the molecule is CC(C)(C)c1cccc([C@H](N)C(=O)O)c1O. The first kappa shape index (κ1) is 12.5. The molecule has 4 N–H and O–H groups in total. The Kier molecular flexibility index (Phi) is 3.24. The van der Waals surface area contributed by atoms with Crippen molar-refractivity contribution < 1.29 is 15.0 Å². The van der Waals surface area contributed by atoms with Gasteiger partial charge in [-0.3, -0.25) is 4.79 Å². The smallest absolute Gasteiger partial charge is 0.325 e. The van der Waals surface area contributed by atoms with Crippen molar-refractivity contribution in [2.75, 3.05) is 0 Å². The highest BCUT2D eigenvalue weighted by Gasteiger charge is 2.24. The van der Waals surface area contributed by atoms with Crippen LogP contribution < -0.4 is 5.73 Å². The predicted molar refractivity (Wildman–Crippen MR) is 61.4 cm³/mol. The maximum Gasteiger partial charge on any atom is 0.325 e. The second kappa shape index (κ2) is 4.14. The molecular formula is C12H17NO3. The van der Waals surface area contributed by atoms with E-state index in [0.29, 0.717) is 5.56 Å². The van der Waals surface area contributed by atoms with Crippen LogP contribution in [-0.4, -0.2) is 16.2 Å². The number of carboxylic acids is 1. The van der Waals surface area contributed by atoms with Crippen molar-refractivity contribution in [3.8, 4) is 5.75 Å². The molecule has 1 atom stereocenters. The van der Waals surface area contributed by atoms with Crippen LogP contribution >= 0.6 is 0 Å². The number of phenols is 1. The van der Waals surface area contributed by atoms with E-state index in [2.05, 4.69) is 0 Å². The van der Waals surface area contributed by atoms with E-state index in [1.165, 1.54) is 6.07 Å². The second-order valence-corrected chi connectivity index (χ2v) is 4.81. The number of hydrogen-bond acceptors (Lipinski definition) is 3. The first-order valence-electron chi connectivity index (χ1n) is 5.06. The molecule has 0 saturated heterocycles. The fourth-order valence-electron chi connectivity index (χ4n) is 1.55.